The second-order valence-electron chi connectivity index (χ2n) is 8.78. The van der Waals surface area contributed by atoms with Crippen LogP contribution in [0, 0.1) is 24.7 Å². The summed E-state index contributed by atoms with van der Waals surface area (Å²) in [6.07, 6.45) is 11.3. The minimum absolute atomic E-state index is 0.127. The third-order valence-corrected chi connectivity index (χ3v) is 7.01. The van der Waals surface area contributed by atoms with Crippen LogP contribution in [0.2, 0.25) is 0 Å². The molecule has 4 atom stereocenters. The SMILES string of the molecule is Cc1ccc(-c2ccc(/C=C/C3C4CCCCC4CN4C(=O)OC[C@H]34)nc2)cc1. The molecule has 3 unspecified atom stereocenters. The van der Waals surface area contributed by atoms with Crippen molar-refractivity contribution in [2.75, 3.05) is 13.2 Å². The quantitative estimate of drug-likeness (QED) is 0.714. The molecule has 29 heavy (non-hydrogen) atoms. The van der Waals surface area contributed by atoms with Gasteiger partial charge in [-0.2, -0.15) is 0 Å². The summed E-state index contributed by atoms with van der Waals surface area (Å²) in [4.78, 5) is 18.8. The van der Waals surface area contributed by atoms with Gasteiger partial charge >= 0.3 is 6.09 Å². The maximum atomic E-state index is 12.2. The lowest BCUT2D eigenvalue weighted by Gasteiger charge is -2.46. The van der Waals surface area contributed by atoms with Crippen molar-refractivity contribution in [1.29, 1.82) is 0 Å². The first-order chi connectivity index (χ1) is 14.2. The van der Waals surface area contributed by atoms with E-state index >= 15 is 0 Å². The lowest BCUT2D eigenvalue weighted by Crippen LogP contribution is -2.52. The number of hydrogen-bond acceptors (Lipinski definition) is 3. The lowest BCUT2D eigenvalue weighted by molar-refractivity contribution is 0.0472. The van der Waals surface area contributed by atoms with Crippen molar-refractivity contribution in [3.8, 4) is 11.1 Å². The second kappa shape index (κ2) is 7.66. The summed E-state index contributed by atoms with van der Waals surface area (Å²) in [6.45, 7) is 3.50. The number of cyclic esters (lactones) is 1. The molecule has 1 saturated carbocycles. The Labute approximate surface area is 172 Å². The van der Waals surface area contributed by atoms with Crippen molar-refractivity contribution < 1.29 is 9.53 Å². The van der Waals surface area contributed by atoms with Gasteiger partial charge in [-0.1, -0.05) is 54.8 Å². The topological polar surface area (TPSA) is 42.4 Å². The van der Waals surface area contributed by atoms with Crippen molar-refractivity contribution >= 4 is 12.2 Å². The number of fused-ring (bicyclic) bond motifs is 2. The second-order valence-corrected chi connectivity index (χ2v) is 8.78. The van der Waals surface area contributed by atoms with E-state index in [1.165, 1.54) is 36.8 Å². The highest BCUT2D eigenvalue weighted by atomic mass is 16.6. The van der Waals surface area contributed by atoms with Crippen LogP contribution in [-0.4, -0.2) is 35.2 Å². The first kappa shape index (κ1) is 18.4. The molecule has 0 N–H and O–H groups in total. The number of carbonyl (C=O) groups is 1. The maximum Gasteiger partial charge on any atom is 0.410 e. The summed E-state index contributed by atoms with van der Waals surface area (Å²) >= 11 is 0. The Bertz CT molecular complexity index is 903. The summed E-state index contributed by atoms with van der Waals surface area (Å²) in [7, 11) is 0. The number of rotatable bonds is 3. The molecule has 3 fully saturated rings. The molecule has 1 aliphatic carbocycles. The van der Waals surface area contributed by atoms with E-state index in [9.17, 15) is 4.79 Å². The fourth-order valence-corrected chi connectivity index (χ4v) is 5.40. The van der Waals surface area contributed by atoms with Gasteiger partial charge in [-0.05, 0) is 49.3 Å². The molecule has 150 valence electrons. The molecule has 3 heterocycles. The molecular weight excluding hydrogens is 360 g/mol. The van der Waals surface area contributed by atoms with Crippen LogP contribution in [0.4, 0.5) is 4.79 Å². The minimum Gasteiger partial charge on any atom is -0.447 e. The summed E-state index contributed by atoms with van der Waals surface area (Å²) in [5.74, 6) is 1.62. The van der Waals surface area contributed by atoms with Gasteiger partial charge in [0.05, 0.1) is 11.7 Å². The first-order valence-corrected chi connectivity index (χ1v) is 10.8. The summed E-state index contributed by atoms with van der Waals surface area (Å²) in [5.41, 5.74) is 4.55. The monoisotopic (exact) mass is 388 g/mol. The Morgan fingerprint density at radius 1 is 1.07 bits per heavy atom. The van der Waals surface area contributed by atoms with Crippen LogP contribution in [-0.2, 0) is 4.74 Å². The van der Waals surface area contributed by atoms with Crippen LogP contribution in [0.5, 0.6) is 0 Å². The van der Waals surface area contributed by atoms with Gasteiger partial charge in [-0.25, -0.2) is 4.79 Å². The van der Waals surface area contributed by atoms with Gasteiger partial charge in [0.15, 0.2) is 0 Å². The zero-order chi connectivity index (χ0) is 19.8. The third-order valence-electron chi connectivity index (χ3n) is 7.01. The molecule has 4 nitrogen and oxygen atoms in total. The molecule has 2 aliphatic heterocycles. The number of aromatic nitrogens is 1. The van der Waals surface area contributed by atoms with Crippen molar-refractivity contribution in [2.45, 2.75) is 38.6 Å². The van der Waals surface area contributed by atoms with Gasteiger partial charge < -0.3 is 9.64 Å². The number of pyridine rings is 1. The van der Waals surface area contributed by atoms with Crippen LogP contribution >= 0.6 is 0 Å². The van der Waals surface area contributed by atoms with E-state index in [0.717, 1.165) is 17.8 Å². The fourth-order valence-electron chi connectivity index (χ4n) is 5.40. The molecule has 1 amide bonds. The largest absolute Gasteiger partial charge is 0.447 e. The predicted molar refractivity (Wildman–Crippen MR) is 114 cm³/mol. The zero-order valence-electron chi connectivity index (χ0n) is 17.0. The number of benzene rings is 1. The Morgan fingerprint density at radius 3 is 2.66 bits per heavy atom. The predicted octanol–water partition coefficient (Wildman–Crippen LogP) is 5.33. The van der Waals surface area contributed by atoms with Crippen LogP contribution in [0.15, 0.2) is 48.7 Å². The molecule has 0 spiro atoms. The molecular formula is C25H28N2O2. The van der Waals surface area contributed by atoms with Gasteiger partial charge in [0.2, 0.25) is 0 Å². The average molecular weight is 389 g/mol. The van der Waals surface area contributed by atoms with E-state index in [1.807, 2.05) is 11.1 Å². The van der Waals surface area contributed by atoms with Gasteiger partial charge in [-0.3, -0.25) is 4.98 Å². The molecule has 1 aromatic heterocycles. The first-order valence-electron chi connectivity index (χ1n) is 10.8. The smallest absolute Gasteiger partial charge is 0.410 e. The number of piperidine rings is 1. The normalized spacial score (nSPS) is 28.9. The summed E-state index contributed by atoms with van der Waals surface area (Å²) < 4.78 is 5.40. The summed E-state index contributed by atoms with van der Waals surface area (Å²) in [6, 6.07) is 12.9. The van der Waals surface area contributed by atoms with Crippen molar-refractivity contribution in [3.05, 3.63) is 59.9 Å². The molecule has 5 rings (SSSR count). The van der Waals surface area contributed by atoms with Crippen molar-refractivity contribution in [2.24, 2.45) is 17.8 Å². The number of ether oxygens (including phenoxy) is 1. The minimum atomic E-state index is -0.127. The number of aryl methyl sites for hydroxylation is 1. The van der Waals surface area contributed by atoms with Crippen LogP contribution in [0.25, 0.3) is 17.2 Å². The average Bonchev–Trinajstić information content (AvgIpc) is 3.13. The zero-order valence-corrected chi connectivity index (χ0v) is 17.0. The van der Waals surface area contributed by atoms with Crippen LogP contribution < -0.4 is 0 Å². The van der Waals surface area contributed by atoms with Gasteiger partial charge in [0, 0.05) is 24.2 Å². The molecule has 2 aromatic rings. The van der Waals surface area contributed by atoms with Gasteiger partial charge in [0.25, 0.3) is 0 Å². The highest BCUT2D eigenvalue weighted by Crippen LogP contribution is 2.44. The number of carbonyl (C=O) groups excluding carboxylic acids is 1. The van der Waals surface area contributed by atoms with Crippen molar-refractivity contribution in [3.63, 3.8) is 0 Å². The van der Waals surface area contributed by atoms with Gasteiger partial charge in [-0.15, -0.1) is 0 Å². The number of amides is 1. The molecule has 4 heteroatoms. The highest BCUT2D eigenvalue weighted by Gasteiger charge is 2.48. The number of nitrogens with zero attached hydrogens (tertiary/aromatic N) is 2. The molecule has 0 bridgehead atoms. The Kier molecular flexibility index (Phi) is 4.86. The third kappa shape index (κ3) is 3.57. The van der Waals surface area contributed by atoms with Crippen LogP contribution in [0.1, 0.15) is 36.9 Å². The van der Waals surface area contributed by atoms with E-state index < -0.39 is 0 Å². The maximum absolute atomic E-state index is 12.2. The highest BCUT2D eigenvalue weighted by molar-refractivity contribution is 5.70. The van der Waals surface area contributed by atoms with E-state index in [2.05, 4.69) is 60.5 Å². The molecule has 2 saturated heterocycles. The Hall–Kier alpha value is -2.62. The lowest BCUT2D eigenvalue weighted by atomic mass is 9.67. The molecule has 0 radical (unpaired) electrons. The van der Waals surface area contributed by atoms with E-state index in [0.29, 0.717) is 24.4 Å². The molecule has 3 aliphatic rings. The summed E-state index contributed by atoms with van der Waals surface area (Å²) in [5, 5.41) is 0. The standard InChI is InChI=1S/C25H28N2O2/c1-17-6-8-18(9-7-17)19-10-11-21(26-14-19)12-13-23-22-5-3-2-4-20(22)15-27-24(23)16-29-25(27)28/h6-14,20,22-24H,2-5,15-16H2,1H3/b13-12+/t20?,22?,23?,24-/m1/s1. The van der Waals surface area contributed by atoms with Gasteiger partial charge in [0.1, 0.15) is 6.61 Å². The Morgan fingerprint density at radius 2 is 1.86 bits per heavy atom. The fraction of sp³-hybridized carbons (Fsp3) is 0.440. The number of hydrogen-bond donors (Lipinski definition) is 0. The molecule has 1 aromatic carbocycles. The van der Waals surface area contributed by atoms with E-state index in [-0.39, 0.29) is 12.1 Å². The Balaban J connectivity index is 1.36. The van der Waals surface area contributed by atoms with E-state index in [4.69, 9.17) is 4.74 Å². The van der Waals surface area contributed by atoms with Crippen LogP contribution in [0.3, 0.4) is 0 Å². The van der Waals surface area contributed by atoms with E-state index in [1.54, 1.807) is 0 Å². The van der Waals surface area contributed by atoms with Crippen molar-refractivity contribution in [1.82, 2.24) is 9.88 Å².